The number of hydrogen-bond acceptors (Lipinski definition) is 9. The molecule has 0 saturated heterocycles. The van der Waals surface area contributed by atoms with Crippen LogP contribution in [0.3, 0.4) is 0 Å². The first kappa shape index (κ1) is 45.8. The lowest BCUT2D eigenvalue weighted by atomic mass is 9.76. The van der Waals surface area contributed by atoms with Gasteiger partial charge in [-0.1, -0.05) is 37.1 Å². The van der Waals surface area contributed by atoms with Crippen molar-refractivity contribution in [2.75, 3.05) is 6.54 Å². The van der Waals surface area contributed by atoms with Crippen LogP contribution in [0.5, 0.6) is 5.75 Å². The maximum Gasteiger partial charge on any atom is 0.407 e. The number of benzene rings is 2. The summed E-state index contributed by atoms with van der Waals surface area (Å²) in [5.41, 5.74) is -1.63. The largest absolute Gasteiger partial charge is 0.488 e. The summed E-state index contributed by atoms with van der Waals surface area (Å²) in [7, 11) is 0. The van der Waals surface area contributed by atoms with Crippen LogP contribution in [0.1, 0.15) is 137 Å². The minimum absolute atomic E-state index is 0.0663. The number of carbonyl (C=O) groups excluding carboxylic acids is 5. The number of amides is 3. The molecule has 12 heteroatoms. The van der Waals surface area contributed by atoms with Crippen LogP contribution in [0, 0.1) is 11.3 Å². The summed E-state index contributed by atoms with van der Waals surface area (Å²) < 4.78 is 22.8. The molecule has 310 valence electrons. The Balaban J connectivity index is 1.80. The maximum absolute atomic E-state index is 14.4. The number of esters is 2. The van der Waals surface area contributed by atoms with E-state index in [1.807, 2.05) is 45.0 Å². The van der Waals surface area contributed by atoms with E-state index in [-0.39, 0.29) is 37.4 Å². The van der Waals surface area contributed by atoms with E-state index in [2.05, 4.69) is 16.0 Å². The van der Waals surface area contributed by atoms with Crippen LogP contribution >= 0.6 is 0 Å². The number of hydrogen-bond donors (Lipinski definition) is 3. The van der Waals surface area contributed by atoms with Gasteiger partial charge < -0.3 is 34.9 Å². The maximum atomic E-state index is 14.4. The molecule has 3 rings (SSSR count). The standard InChI is InChI=1S/C44H65N3O9/c1-40(2,3)53-33-21-17-29(18-22-33)25-34(37(50)55-42(7,8)9)47-38(51)44(23-13-14-24-44)26-32(36(49)54-41(4,5)6)28-45-35(48)31-19-15-30(16-20-31)27-46-39(52)56-43(10,11)12/h15-22,32,34H,13-14,23-28H2,1-12H3,(H,45,48)(H,46,52)(H,47,51)/t32-,34-/m0/s1. The predicted molar refractivity (Wildman–Crippen MR) is 215 cm³/mol. The summed E-state index contributed by atoms with van der Waals surface area (Å²) in [5.74, 6) is -1.99. The molecule has 2 aromatic carbocycles. The number of alkyl carbamates (subject to hydrolysis) is 1. The molecule has 3 amide bonds. The smallest absolute Gasteiger partial charge is 0.407 e. The highest BCUT2D eigenvalue weighted by Crippen LogP contribution is 2.44. The van der Waals surface area contributed by atoms with E-state index in [0.29, 0.717) is 24.2 Å². The van der Waals surface area contributed by atoms with E-state index in [1.165, 1.54) is 0 Å². The summed E-state index contributed by atoms with van der Waals surface area (Å²) in [6.07, 6.45) is 2.30. The van der Waals surface area contributed by atoms with Crippen molar-refractivity contribution in [3.05, 3.63) is 65.2 Å². The van der Waals surface area contributed by atoms with Gasteiger partial charge in [-0.05, 0) is 138 Å². The van der Waals surface area contributed by atoms with Gasteiger partial charge in [0.15, 0.2) is 0 Å². The van der Waals surface area contributed by atoms with Crippen molar-refractivity contribution in [2.24, 2.45) is 11.3 Å². The fraction of sp³-hybridized carbons (Fsp3) is 0.614. The van der Waals surface area contributed by atoms with Crippen molar-refractivity contribution < 1.29 is 42.9 Å². The molecule has 3 N–H and O–H groups in total. The fourth-order valence-corrected chi connectivity index (χ4v) is 6.41. The van der Waals surface area contributed by atoms with Crippen LogP contribution in [-0.4, -0.2) is 64.8 Å². The highest BCUT2D eigenvalue weighted by Gasteiger charge is 2.46. The van der Waals surface area contributed by atoms with Gasteiger partial charge in [-0.2, -0.15) is 0 Å². The van der Waals surface area contributed by atoms with Crippen LogP contribution in [0.15, 0.2) is 48.5 Å². The Morgan fingerprint density at radius 1 is 0.643 bits per heavy atom. The number of ether oxygens (including phenoxy) is 4. The van der Waals surface area contributed by atoms with Crippen LogP contribution in [0.2, 0.25) is 0 Å². The van der Waals surface area contributed by atoms with Gasteiger partial charge >= 0.3 is 18.0 Å². The Morgan fingerprint density at radius 3 is 1.68 bits per heavy atom. The Morgan fingerprint density at radius 2 is 1.16 bits per heavy atom. The summed E-state index contributed by atoms with van der Waals surface area (Å²) >= 11 is 0. The third-order valence-corrected chi connectivity index (χ3v) is 8.76. The van der Waals surface area contributed by atoms with Crippen molar-refractivity contribution in [1.82, 2.24) is 16.0 Å². The minimum atomic E-state index is -0.990. The van der Waals surface area contributed by atoms with Crippen LogP contribution in [-0.2, 0) is 41.6 Å². The molecule has 2 atom stereocenters. The highest BCUT2D eigenvalue weighted by molar-refractivity contribution is 5.94. The molecule has 0 aliphatic heterocycles. The van der Waals surface area contributed by atoms with Crippen molar-refractivity contribution in [2.45, 2.75) is 157 Å². The Bertz CT molecular complexity index is 1650. The molecule has 2 aromatic rings. The fourth-order valence-electron chi connectivity index (χ4n) is 6.41. The van der Waals surface area contributed by atoms with Crippen molar-refractivity contribution >= 4 is 29.8 Å². The van der Waals surface area contributed by atoms with E-state index in [9.17, 15) is 24.0 Å². The molecular weight excluding hydrogens is 714 g/mol. The van der Waals surface area contributed by atoms with Gasteiger partial charge in [-0.25, -0.2) is 9.59 Å². The molecule has 0 radical (unpaired) electrons. The zero-order valence-electron chi connectivity index (χ0n) is 35.6. The lowest BCUT2D eigenvalue weighted by molar-refractivity contribution is -0.163. The lowest BCUT2D eigenvalue weighted by Gasteiger charge is -2.34. The lowest BCUT2D eigenvalue weighted by Crippen LogP contribution is -2.51. The van der Waals surface area contributed by atoms with E-state index >= 15 is 0 Å². The van der Waals surface area contributed by atoms with Gasteiger partial charge in [0.05, 0.1) is 11.3 Å². The molecule has 0 unspecified atom stereocenters. The Kier molecular flexibility index (Phi) is 15.2. The van der Waals surface area contributed by atoms with E-state index in [1.54, 1.807) is 86.6 Å². The van der Waals surface area contributed by atoms with E-state index < -0.39 is 58.1 Å². The van der Waals surface area contributed by atoms with Crippen molar-refractivity contribution in [1.29, 1.82) is 0 Å². The zero-order chi connectivity index (χ0) is 42.1. The Labute approximate surface area is 333 Å². The van der Waals surface area contributed by atoms with Gasteiger partial charge in [0.2, 0.25) is 5.91 Å². The van der Waals surface area contributed by atoms with Crippen molar-refractivity contribution in [3.8, 4) is 5.75 Å². The molecule has 0 heterocycles. The minimum Gasteiger partial charge on any atom is -0.488 e. The van der Waals surface area contributed by atoms with Crippen molar-refractivity contribution in [3.63, 3.8) is 0 Å². The number of nitrogens with one attached hydrogen (secondary N) is 3. The number of carbonyl (C=O) groups is 5. The third-order valence-electron chi connectivity index (χ3n) is 8.76. The van der Waals surface area contributed by atoms with Gasteiger partial charge in [-0.15, -0.1) is 0 Å². The van der Waals surface area contributed by atoms with Crippen LogP contribution in [0.4, 0.5) is 4.79 Å². The first-order valence-electron chi connectivity index (χ1n) is 19.6. The molecule has 0 aromatic heterocycles. The monoisotopic (exact) mass is 779 g/mol. The molecule has 12 nitrogen and oxygen atoms in total. The second kappa shape index (κ2) is 18.6. The molecule has 1 fully saturated rings. The van der Waals surface area contributed by atoms with E-state index in [0.717, 1.165) is 24.0 Å². The normalized spacial score (nSPS) is 15.5. The van der Waals surface area contributed by atoms with Crippen LogP contribution in [0.25, 0.3) is 0 Å². The molecule has 0 bridgehead atoms. The zero-order valence-corrected chi connectivity index (χ0v) is 35.6. The summed E-state index contributed by atoms with van der Waals surface area (Å²) in [5, 5.41) is 8.60. The summed E-state index contributed by atoms with van der Waals surface area (Å²) in [6, 6.07) is 13.1. The summed E-state index contributed by atoms with van der Waals surface area (Å²) in [6.45, 7) is 22.0. The molecule has 56 heavy (non-hydrogen) atoms. The third kappa shape index (κ3) is 15.9. The second-order valence-electron chi connectivity index (χ2n) is 18.8. The average molecular weight is 780 g/mol. The Hall–Kier alpha value is -4.61. The molecule has 1 aliphatic rings. The first-order valence-corrected chi connectivity index (χ1v) is 19.6. The molecule has 0 spiro atoms. The average Bonchev–Trinajstić information content (AvgIpc) is 3.53. The SMILES string of the molecule is CC(C)(C)OC(=O)NCc1ccc(C(=O)NC[C@H](CC2(C(=O)N[C@@H](Cc3ccc(OC(C)(C)C)cc3)C(=O)OC(C)(C)C)CCCC2)C(=O)OC(C)(C)C)cc1. The van der Waals surface area contributed by atoms with Gasteiger partial charge in [-0.3, -0.25) is 14.4 Å². The molecule has 1 aliphatic carbocycles. The van der Waals surface area contributed by atoms with Gasteiger partial charge in [0, 0.05) is 25.1 Å². The van der Waals surface area contributed by atoms with Gasteiger partial charge in [0.25, 0.3) is 5.91 Å². The number of rotatable bonds is 14. The topological polar surface area (TPSA) is 158 Å². The van der Waals surface area contributed by atoms with Gasteiger partial charge in [0.1, 0.15) is 34.2 Å². The molecule has 1 saturated carbocycles. The highest BCUT2D eigenvalue weighted by atomic mass is 16.6. The quantitative estimate of drug-likeness (QED) is 0.130. The predicted octanol–water partition coefficient (Wildman–Crippen LogP) is 7.60. The van der Waals surface area contributed by atoms with Crippen LogP contribution < -0.4 is 20.7 Å². The second-order valence-corrected chi connectivity index (χ2v) is 18.8. The van der Waals surface area contributed by atoms with E-state index in [4.69, 9.17) is 18.9 Å². The first-order chi connectivity index (χ1) is 25.7. The summed E-state index contributed by atoms with van der Waals surface area (Å²) in [4.78, 5) is 67.2. The molecular formula is C44H65N3O9.